The fourth-order valence-corrected chi connectivity index (χ4v) is 2.34. The number of piperidine rings is 1. The highest BCUT2D eigenvalue weighted by atomic mass is 16.5. The van der Waals surface area contributed by atoms with Gasteiger partial charge in [0, 0.05) is 32.2 Å². The second-order valence-electron chi connectivity index (χ2n) is 4.57. The molecule has 1 fully saturated rings. The van der Waals surface area contributed by atoms with Gasteiger partial charge in [-0.15, -0.1) is 0 Å². The number of hydrogen-bond donors (Lipinski definition) is 1. The van der Waals surface area contributed by atoms with Crippen LogP contribution in [0.3, 0.4) is 0 Å². The van der Waals surface area contributed by atoms with E-state index in [1.807, 2.05) is 13.8 Å². The maximum Gasteiger partial charge on any atom is 0.252 e. The molecule has 5 nitrogen and oxygen atoms in total. The van der Waals surface area contributed by atoms with E-state index in [1.165, 1.54) is 0 Å². The van der Waals surface area contributed by atoms with Gasteiger partial charge in [-0.05, 0) is 19.8 Å². The molecule has 1 aliphatic rings. The Morgan fingerprint density at radius 3 is 3.11 bits per heavy atom. The zero-order valence-electron chi connectivity index (χ0n) is 11.1. The van der Waals surface area contributed by atoms with Gasteiger partial charge in [-0.2, -0.15) is 0 Å². The summed E-state index contributed by atoms with van der Waals surface area (Å²) >= 11 is 0. The van der Waals surface area contributed by atoms with Crippen molar-refractivity contribution in [3.05, 3.63) is 22.2 Å². The first kappa shape index (κ1) is 13.1. The average molecular weight is 251 g/mol. The minimum Gasteiger partial charge on any atom is -0.377 e. The van der Waals surface area contributed by atoms with Gasteiger partial charge in [0.1, 0.15) is 11.6 Å². The molecule has 100 valence electrons. The Balaban J connectivity index is 2.15. The molecule has 2 rings (SSSR count). The molecule has 1 saturated heterocycles. The molecule has 18 heavy (non-hydrogen) atoms. The molecule has 1 aliphatic heterocycles. The summed E-state index contributed by atoms with van der Waals surface area (Å²) < 4.78 is 5.67. The lowest BCUT2D eigenvalue weighted by Crippen LogP contribution is -2.40. The van der Waals surface area contributed by atoms with Gasteiger partial charge in [0.25, 0.3) is 5.56 Å². The molecular formula is C13H21N3O2. The van der Waals surface area contributed by atoms with Gasteiger partial charge in [-0.1, -0.05) is 6.92 Å². The number of nitrogens with zero attached hydrogens (tertiary/aromatic N) is 2. The number of nitrogens with one attached hydrogen (secondary N) is 1. The number of rotatable bonds is 4. The highest BCUT2D eigenvalue weighted by Crippen LogP contribution is 2.18. The van der Waals surface area contributed by atoms with Crippen LogP contribution < -0.4 is 10.5 Å². The van der Waals surface area contributed by atoms with Gasteiger partial charge in [0.15, 0.2) is 0 Å². The van der Waals surface area contributed by atoms with E-state index < -0.39 is 0 Å². The maximum atomic E-state index is 11.6. The van der Waals surface area contributed by atoms with Gasteiger partial charge in [0.05, 0.1) is 6.10 Å². The van der Waals surface area contributed by atoms with E-state index in [4.69, 9.17) is 4.74 Å². The molecule has 0 radical (unpaired) electrons. The normalized spacial score (nSPS) is 20.1. The zero-order valence-corrected chi connectivity index (χ0v) is 11.1. The molecule has 1 unspecified atom stereocenters. The first-order valence-electron chi connectivity index (χ1n) is 6.69. The summed E-state index contributed by atoms with van der Waals surface area (Å²) in [6.45, 7) is 6.51. The molecular weight excluding hydrogens is 230 g/mol. The van der Waals surface area contributed by atoms with Gasteiger partial charge in [-0.3, -0.25) is 4.79 Å². The summed E-state index contributed by atoms with van der Waals surface area (Å²) in [7, 11) is 0. The van der Waals surface area contributed by atoms with Crippen LogP contribution in [0.5, 0.6) is 0 Å². The second-order valence-corrected chi connectivity index (χ2v) is 4.57. The summed E-state index contributed by atoms with van der Waals surface area (Å²) in [5, 5.41) is 0. The largest absolute Gasteiger partial charge is 0.377 e. The van der Waals surface area contributed by atoms with Crippen LogP contribution in [0.1, 0.15) is 32.5 Å². The molecule has 2 heterocycles. The molecule has 0 amide bonds. The summed E-state index contributed by atoms with van der Waals surface area (Å²) in [6.07, 6.45) is 3.18. The van der Waals surface area contributed by atoms with E-state index in [0.29, 0.717) is 0 Å². The summed E-state index contributed by atoms with van der Waals surface area (Å²) in [5.41, 5.74) is -0.0737. The Morgan fingerprint density at radius 2 is 2.39 bits per heavy atom. The Kier molecular flexibility index (Phi) is 4.36. The van der Waals surface area contributed by atoms with Crippen molar-refractivity contribution in [3.63, 3.8) is 0 Å². The third-order valence-electron chi connectivity index (χ3n) is 3.22. The van der Waals surface area contributed by atoms with Gasteiger partial charge in [0.2, 0.25) is 0 Å². The van der Waals surface area contributed by atoms with Crippen LogP contribution in [0.4, 0.5) is 5.82 Å². The van der Waals surface area contributed by atoms with Crippen molar-refractivity contribution in [3.8, 4) is 0 Å². The maximum absolute atomic E-state index is 11.6. The Bertz CT molecular complexity index is 442. The van der Waals surface area contributed by atoms with Crippen LogP contribution >= 0.6 is 0 Å². The predicted octanol–water partition coefficient (Wildman–Crippen LogP) is 1.34. The lowest BCUT2D eigenvalue weighted by molar-refractivity contribution is 0.0525. The summed E-state index contributed by atoms with van der Waals surface area (Å²) in [6, 6.07) is 1.58. The van der Waals surface area contributed by atoms with E-state index in [1.54, 1.807) is 6.07 Å². The lowest BCUT2D eigenvalue weighted by Gasteiger charge is -2.33. The third-order valence-corrected chi connectivity index (χ3v) is 3.22. The molecule has 0 aliphatic carbocycles. The molecule has 1 aromatic rings. The van der Waals surface area contributed by atoms with Crippen LogP contribution in [0.15, 0.2) is 10.9 Å². The first-order chi connectivity index (χ1) is 8.72. The van der Waals surface area contributed by atoms with Crippen molar-refractivity contribution in [1.29, 1.82) is 0 Å². The zero-order chi connectivity index (χ0) is 13.0. The van der Waals surface area contributed by atoms with Gasteiger partial charge in [-0.25, -0.2) is 4.98 Å². The van der Waals surface area contributed by atoms with E-state index in [2.05, 4.69) is 14.9 Å². The first-order valence-corrected chi connectivity index (χ1v) is 6.69. The van der Waals surface area contributed by atoms with Crippen LogP contribution in [0.25, 0.3) is 0 Å². The van der Waals surface area contributed by atoms with Crippen molar-refractivity contribution in [2.45, 2.75) is 39.2 Å². The number of aryl methyl sites for hydroxylation is 1. The number of aromatic nitrogens is 2. The molecule has 0 aromatic carbocycles. The minimum atomic E-state index is -0.0737. The Morgan fingerprint density at radius 1 is 1.56 bits per heavy atom. The summed E-state index contributed by atoms with van der Waals surface area (Å²) in [4.78, 5) is 21.0. The van der Waals surface area contributed by atoms with E-state index in [9.17, 15) is 4.79 Å². The highest BCUT2D eigenvalue weighted by Gasteiger charge is 2.21. The van der Waals surface area contributed by atoms with Crippen LogP contribution in [0, 0.1) is 0 Å². The number of hydrogen-bond acceptors (Lipinski definition) is 4. The highest BCUT2D eigenvalue weighted by molar-refractivity contribution is 5.38. The molecule has 1 atom stereocenters. The average Bonchev–Trinajstić information content (AvgIpc) is 2.39. The molecule has 0 saturated carbocycles. The topological polar surface area (TPSA) is 58.2 Å². The predicted molar refractivity (Wildman–Crippen MR) is 71.1 cm³/mol. The number of H-pyrrole nitrogens is 1. The van der Waals surface area contributed by atoms with Crippen molar-refractivity contribution in [1.82, 2.24) is 9.97 Å². The third kappa shape index (κ3) is 3.10. The van der Waals surface area contributed by atoms with Gasteiger partial charge >= 0.3 is 0 Å². The monoisotopic (exact) mass is 251 g/mol. The van der Waals surface area contributed by atoms with Crippen LogP contribution in [0.2, 0.25) is 0 Å². The Labute approximate surface area is 107 Å². The quantitative estimate of drug-likeness (QED) is 0.877. The number of anilines is 1. The van der Waals surface area contributed by atoms with Crippen molar-refractivity contribution >= 4 is 5.82 Å². The van der Waals surface area contributed by atoms with E-state index in [0.717, 1.165) is 50.6 Å². The fraction of sp³-hybridized carbons (Fsp3) is 0.692. The number of aromatic amines is 1. The van der Waals surface area contributed by atoms with Gasteiger partial charge < -0.3 is 14.6 Å². The van der Waals surface area contributed by atoms with E-state index in [-0.39, 0.29) is 11.7 Å². The van der Waals surface area contributed by atoms with Crippen molar-refractivity contribution in [2.75, 3.05) is 24.6 Å². The smallest absolute Gasteiger partial charge is 0.252 e. The molecule has 1 N–H and O–H groups in total. The van der Waals surface area contributed by atoms with Crippen LogP contribution in [-0.2, 0) is 11.2 Å². The molecule has 1 aromatic heterocycles. The van der Waals surface area contributed by atoms with Crippen LogP contribution in [-0.4, -0.2) is 35.8 Å². The Hall–Kier alpha value is -1.36. The lowest BCUT2D eigenvalue weighted by atomic mass is 10.1. The standard InChI is InChI=1S/C13H21N3O2/c1-3-11-14-12(8-13(17)15-11)16-7-5-6-10(9-16)18-4-2/h8,10H,3-7,9H2,1-2H3,(H,14,15,17). The molecule has 5 heteroatoms. The SMILES string of the molecule is CCOC1CCCN(c2cc(=O)[nH]c(CC)n2)C1. The molecule has 0 spiro atoms. The number of ether oxygens (including phenoxy) is 1. The summed E-state index contributed by atoms with van der Waals surface area (Å²) in [5.74, 6) is 1.52. The fourth-order valence-electron chi connectivity index (χ4n) is 2.34. The van der Waals surface area contributed by atoms with Crippen molar-refractivity contribution < 1.29 is 4.74 Å². The molecule has 0 bridgehead atoms. The minimum absolute atomic E-state index is 0.0737. The second kappa shape index (κ2) is 6.00. The van der Waals surface area contributed by atoms with E-state index >= 15 is 0 Å². The van der Waals surface area contributed by atoms with Crippen molar-refractivity contribution in [2.24, 2.45) is 0 Å².